The molecule has 0 atom stereocenters. The van der Waals surface area contributed by atoms with Gasteiger partial charge in [0.05, 0.1) is 26.5 Å². The Morgan fingerprint density at radius 2 is 2.12 bits per heavy atom. The van der Waals surface area contributed by atoms with E-state index < -0.39 is 0 Å². The van der Waals surface area contributed by atoms with Crippen molar-refractivity contribution < 1.29 is 14.2 Å². The van der Waals surface area contributed by atoms with Gasteiger partial charge in [0.15, 0.2) is 0 Å². The van der Waals surface area contributed by atoms with Crippen LogP contribution >= 0.6 is 11.3 Å². The lowest BCUT2D eigenvalue weighted by molar-refractivity contribution is 0.0281. The highest BCUT2D eigenvalue weighted by Crippen LogP contribution is 2.29. The van der Waals surface area contributed by atoms with E-state index in [1.165, 1.54) is 11.3 Å². The van der Waals surface area contributed by atoms with E-state index in [4.69, 9.17) is 14.2 Å². The zero-order valence-electron chi connectivity index (χ0n) is 13.4. The number of ether oxygens (including phenoxy) is 3. The number of hydrogen-bond donors (Lipinski definition) is 0. The highest BCUT2D eigenvalue weighted by atomic mass is 32.1. The molecule has 3 aromatic heterocycles. The molecule has 0 bridgehead atoms. The maximum atomic E-state index is 5.41. The molecule has 3 rings (SSSR count). The van der Waals surface area contributed by atoms with Crippen LogP contribution in [0.5, 0.6) is 5.88 Å². The largest absolute Gasteiger partial charge is 0.481 e. The minimum Gasteiger partial charge on any atom is -0.481 e. The van der Waals surface area contributed by atoms with Crippen LogP contribution in [0.25, 0.3) is 22.0 Å². The predicted octanol–water partition coefficient (Wildman–Crippen LogP) is 2.09. The van der Waals surface area contributed by atoms with Crippen molar-refractivity contribution in [3.05, 3.63) is 29.9 Å². The summed E-state index contributed by atoms with van der Waals surface area (Å²) in [6.07, 6.45) is 3.50. The molecule has 0 saturated carbocycles. The quantitative estimate of drug-likeness (QED) is 0.577. The zero-order valence-corrected chi connectivity index (χ0v) is 14.2. The van der Waals surface area contributed by atoms with E-state index in [9.17, 15) is 0 Å². The number of thiazole rings is 1. The van der Waals surface area contributed by atoms with Crippen LogP contribution < -0.4 is 4.74 Å². The maximum absolute atomic E-state index is 5.41. The Morgan fingerprint density at radius 1 is 1.21 bits per heavy atom. The van der Waals surface area contributed by atoms with Crippen LogP contribution in [-0.4, -0.2) is 52.4 Å². The van der Waals surface area contributed by atoms with E-state index in [0.29, 0.717) is 31.5 Å². The first-order valence-electron chi connectivity index (χ1n) is 7.23. The fourth-order valence-electron chi connectivity index (χ4n) is 1.96. The first-order chi connectivity index (χ1) is 11.8. The van der Waals surface area contributed by atoms with E-state index in [-0.39, 0.29) is 0 Å². The van der Waals surface area contributed by atoms with Crippen molar-refractivity contribution in [2.75, 3.05) is 27.4 Å². The van der Waals surface area contributed by atoms with Crippen molar-refractivity contribution in [3.8, 4) is 27.8 Å². The molecule has 0 aliphatic heterocycles. The fourth-order valence-corrected chi connectivity index (χ4v) is 2.77. The van der Waals surface area contributed by atoms with Crippen molar-refractivity contribution in [1.29, 1.82) is 0 Å². The summed E-state index contributed by atoms with van der Waals surface area (Å²) < 4.78 is 17.1. The lowest BCUT2D eigenvalue weighted by Crippen LogP contribution is -2.07. The molecule has 0 aliphatic rings. The van der Waals surface area contributed by atoms with E-state index >= 15 is 0 Å². The van der Waals surface area contributed by atoms with E-state index in [1.807, 2.05) is 17.5 Å². The van der Waals surface area contributed by atoms with E-state index in [0.717, 1.165) is 16.3 Å². The summed E-state index contributed by atoms with van der Waals surface area (Å²) in [5.41, 5.74) is 2.43. The first-order valence-corrected chi connectivity index (χ1v) is 8.11. The Balaban J connectivity index is 1.70. The number of nitrogens with zero attached hydrogens (tertiary/aromatic N) is 5. The molecule has 0 aromatic carbocycles. The summed E-state index contributed by atoms with van der Waals surface area (Å²) >= 11 is 1.53. The second-order valence-electron chi connectivity index (χ2n) is 4.80. The van der Waals surface area contributed by atoms with Gasteiger partial charge in [-0.05, 0) is 6.07 Å². The van der Waals surface area contributed by atoms with Crippen LogP contribution in [-0.2, 0) is 16.2 Å². The summed E-state index contributed by atoms with van der Waals surface area (Å²) in [5, 5.41) is 11.0. The fraction of sp³-hybridized carbons (Fsp3) is 0.333. The zero-order chi connectivity index (χ0) is 16.8. The van der Waals surface area contributed by atoms with Crippen LogP contribution in [0.2, 0.25) is 0 Å². The molecule has 3 heterocycles. The number of hydrogen-bond acceptors (Lipinski definition) is 8. The molecule has 0 amide bonds. The van der Waals surface area contributed by atoms with Gasteiger partial charge < -0.3 is 14.2 Å². The van der Waals surface area contributed by atoms with Crippen molar-refractivity contribution in [2.24, 2.45) is 0 Å². The summed E-state index contributed by atoms with van der Waals surface area (Å²) in [6, 6.07) is 3.74. The molecule has 9 heteroatoms. The smallest absolute Gasteiger partial charge is 0.213 e. The molecule has 8 nitrogen and oxygen atoms in total. The number of methoxy groups -OCH3 is 2. The summed E-state index contributed by atoms with van der Waals surface area (Å²) in [6.45, 7) is 1.39. The molecule has 0 unspecified atom stereocenters. The lowest BCUT2D eigenvalue weighted by atomic mass is 10.3. The monoisotopic (exact) mass is 347 g/mol. The van der Waals surface area contributed by atoms with Crippen LogP contribution in [0, 0.1) is 0 Å². The van der Waals surface area contributed by atoms with Crippen LogP contribution in [0.4, 0.5) is 0 Å². The highest BCUT2D eigenvalue weighted by molar-refractivity contribution is 7.13. The van der Waals surface area contributed by atoms with Gasteiger partial charge in [-0.25, -0.2) is 14.6 Å². The molecular weight excluding hydrogens is 330 g/mol. The van der Waals surface area contributed by atoms with Crippen LogP contribution in [0.3, 0.4) is 0 Å². The third-order valence-corrected chi connectivity index (χ3v) is 4.04. The maximum Gasteiger partial charge on any atom is 0.213 e. The molecule has 24 heavy (non-hydrogen) atoms. The van der Waals surface area contributed by atoms with Crippen LogP contribution in [0.15, 0.2) is 29.9 Å². The number of pyridine rings is 1. The normalized spacial score (nSPS) is 10.9. The van der Waals surface area contributed by atoms with Crippen molar-refractivity contribution in [1.82, 2.24) is 25.0 Å². The van der Waals surface area contributed by atoms with Gasteiger partial charge in [0.2, 0.25) is 5.88 Å². The molecule has 0 radical (unpaired) electrons. The summed E-state index contributed by atoms with van der Waals surface area (Å²) in [7, 11) is 3.22. The van der Waals surface area contributed by atoms with Crippen LogP contribution in [0.1, 0.15) is 0 Å². The first kappa shape index (κ1) is 16.5. The highest BCUT2D eigenvalue weighted by Gasteiger charge is 2.11. The second kappa shape index (κ2) is 7.95. The topological polar surface area (TPSA) is 84.2 Å². The molecule has 0 saturated heterocycles. The summed E-state index contributed by atoms with van der Waals surface area (Å²) in [4.78, 5) is 8.71. The Kier molecular flexibility index (Phi) is 5.47. The molecular formula is C15H17N5O3S. The minimum atomic E-state index is 0.328. The van der Waals surface area contributed by atoms with Crippen molar-refractivity contribution >= 4 is 11.3 Å². The molecule has 0 spiro atoms. The van der Waals surface area contributed by atoms with Gasteiger partial charge in [0.1, 0.15) is 23.1 Å². The number of rotatable bonds is 8. The third kappa shape index (κ3) is 3.94. The van der Waals surface area contributed by atoms with Crippen molar-refractivity contribution in [2.45, 2.75) is 6.73 Å². The second-order valence-corrected chi connectivity index (χ2v) is 5.66. The number of aromatic nitrogens is 5. The molecule has 0 N–H and O–H groups in total. The van der Waals surface area contributed by atoms with Gasteiger partial charge >= 0.3 is 0 Å². The van der Waals surface area contributed by atoms with Crippen molar-refractivity contribution in [3.63, 3.8) is 0 Å². The van der Waals surface area contributed by atoms with Gasteiger partial charge in [-0.15, -0.1) is 16.4 Å². The molecule has 126 valence electrons. The molecule has 0 aliphatic carbocycles. The third-order valence-electron chi connectivity index (χ3n) is 3.15. The van der Waals surface area contributed by atoms with E-state index in [1.54, 1.807) is 31.3 Å². The van der Waals surface area contributed by atoms with Gasteiger partial charge in [-0.3, -0.25) is 0 Å². The van der Waals surface area contributed by atoms with Gasteiger partial charge in [-0.2, -0.15) is 0 Å². The average Bonchev–Trinajstić information content (AvgIpc) is 3.28. The molecule has 3 aromatic rings. The Hall–Kier alpha value is -2.36. The molecule has 0 fully saturated rings. The SMILES string of the molecule is COCCOCn1cc(-c2csc(-c3ccnc(OC)c3)n2)nn1. The Morgan fingerprint density at radius 3 is 2.96 bits per heavy atom. The van der Waals surface area contributed by atoms with Gasteiger partial charge in [-0.1, -0.05) is 5.21 Å². The Labute approximate surface area is 143 Å². The van der Waals surface area contributed by atoms with E-state index in [2.05, 4.69) is 20.3 Å². The van der Waals surface area contributed by atoms with Gasteiger partial charge in [0, 0.05) is 30.3 Å². The standard InChI is InChI=1S/C15H17N5O3S/c1-21-5-6-23-10-20-8-12(18-19-20)13-9-24-15(17-13)11-3-4-16-14(7-11)22-2/h3-4,7-9H,5-6,10H2,1-2H3. The predicted molar refractivity (Wildman–Crippen MR) is 88.7 cm³/mol. The lowest BCUT2D eigenvalue weighted by Gasteiger charge is -2.01. The summed E-state index contributed by atoms with van der Waals surface area (Å²) in [5.74, 6) is 0.559. The Bertz CT molecular complexity index is 789. The average molecular weight is 347 g/mol. The van der Waals surface area contributed by atoms with Gasteiger partial charge in [0.25, 0.3) is 0 Å². The minimum absolute atomic E-state index is 0.328.